The summed E-state index contributed by atoms with van der Waals surface area (Å²) >= 11 is 1.55. The summed E-state index contributed by atoms with van der Waals surface area (Å²) in [7, 11) is 1.59. The van der Waals surface area contributed by atoms with Gasteiger partial charge in [0, 0.05) is 38.7 Å². The summed E-state index contributed by atoms with van der Waals surface area (Å²) in [5.41, 5.74) is 1.81. The molecule has 6 heteroatoms. The highest BCUT2D eigenvalue weighted by Crippen LogP contribution is 2.17. The number of hydrogen-bond acceptors (Lipinski definition) is 4. The summed E-state index contributed by atoms with van der Waals surface area (Å²) in [6, 6.07) is 0. The molecule has 1 aromatic rings. The van der Waals surface area contributed by atoms with E-state index in [4.69, 9.17) is 4.74 Å². The summed E-state index contributed by atoms with van der Waals surface area (Å²) in [6.07, 6.45) is 0.411. The van der Waals surface area contributed by atoms with Crippen molar-refractivity contribution in [1.82, 2.24) is 9.80 Å². The molecule has 2 heterocycles. The number of carbonyl (C=O) groups is 2. The summed E-state index contributed by atoms with van der Waals surface area (Å²) in [4.78, 5) is 27.8. The third-order valence-electron chi connectivity index (χ3n) is 3.53. The molecule has 0 aromatic carbocycles. The number of hydrogen-bond donors (Lipinski definition) is 0. The molecule has 0 radical (unpaired) electrons. The second kappa shape index (κ2) is 6.85. The quantitative estimate of drug-likeness (QED) is 0.843. The van der Waals surface area contributed by atoms with Crippen molar-refractivity contribution in [2.75, 3.05) is 39.9 Å². The van der Waals surface area contributed by atoms with E-state index in [-0.39, 0.29) is 11.8 Å². The maximum Gasteiger partial charge on any atom is 0.255 e. The normalized spacial score (nSPS) is 15.5. The van der Waals surface area contributed by atoms with Gasteiger partial charge in [0.2, 0.25) is 5.91 Å². The monoisotopic (exact) mass is 296 g/mol. The molecule has 0 spiro atoms. The highest BCUT2D eigenvalue weighted by Gasteiger charge is 2.25. The predicted molar refractivity (Wildman–Crippen MR) is 78.0 cm³/mol. The topological polar surface area (TPSA) is 49.9 Å². The van der Waals surface area contributed by atoms with Crippen LogP contribution >= 0.6 is 11.3 Å². The Morgan fingerprint density at radius 1 is 1.20 bits per heavy atom. The fraction of sp³-hybridized carbons (Fsp3) is 0.571. The van der Waals surface area contributed by atoms with Crippen LogP contribution in [0.3, 0.4) is 0 Å². The lowest BCUT2D eigenvalue weighted by Gasteiger charge is -2.34. The first-order chi connectivity index (χ1) is 9.63. The Bertz CT molecular complexity index is 479. The van der Waals surface area contributed by atoms with Crippen molar-refractivity contribution in [2.45, 2.75) is 13.3 Å². The van der Waals surface area contributed by atoms with E-state index in [2.05, 4.69) is 0 Å². The molecule has 0 N–H and O–H groups in total. The highest BCUT2D eigenvalue weighted by atomic mass is 32.1. The number of carbonyl (C=O) groups excluding carboxylic acids is 2. The molecule has 0 atom stereocenters. The Morgan fingerprint density at radius 3 is 2.40 bits per heavy atom. The van der Waals surface area contributed by atoms with E-state index in [9.17, 15) is 9.59 Å². The fourth-order valence-corrected chi connectivity index (χ4v) is 3.08. The smallest absolute Gasteiger partial charge is 0.255 e. The molecule has 1 saturated heterocycles. The van der Waals surface area contributed by atoms with Gasteiger partial charge in [-0.3, -0.25) is 9.59 Å². The SMILES string of the molecule is COCCC(=O)N1CCN(C(=O)c2cscc2C)CC1. The molecule has 1 aliphatic heterocycles. The van der Waals surface area contributed by atoms with Crippen LogP contribution < -0.4 is 0 Å². The Balaban J connectivity index is 1.87. The number of ether oxygens (including phenoxy) is 1. The largest absolute Gasteiger partial charge is 0.384 e. The predicted octanol–water partition coefficient (Wildman–Crippen LogP) is 1.38. The second-order valence-corrected chi connectivity index (χ2v) is 5.63. The highest BCUT2D eigenvalue weighted by molar-refractivity contribution is 7.08. The molecule has 1 fully saturated rings. The number of nitrogens with zero attached hydrogens (tertiary/aromatic N) is 2. The van der Waals surface area contributed by atoms with Gasteiger partial charge in [-0.05, 0) is 17.9 Å². The molecule has 20 heavy (non-hydrogen) atoms. The van der Waals surface area contributed by atoms with E-state index >= 15 is 0 Å². The van der Waals surface area contributed by atoms with Crippen molar-refractivity contribution in [2.24, 2.45) is 0 Å². The Hall–Kier alpha value is -1.40. The Labute approximate surface area is 123 Å². The third kappa shape index (κ3) is 3.37. The van der Waals surface area contributed by atoms with Gasteiger partial charge in [-0.15, -0.1) is 0 Å². The van der Waals surface area contributed by atoms with Gasteiger partial charge in [-0.1, -0.05) is 0 Å². The molecular weight excluding hydrogens is 276 g/mol. The molecule has 5 nitrogen and oxygen atoms in total. The molecule has 2 amide bonds. The number of thiophene rings is 1. The van der Waals surface area contributed by atoms with Crippen LogP contribution in [0.15, 0.2) is 10.8 Å². The second-order valence-electron chi connectivity index (χ2n) is 4.88. The van der Waals surface area contributed by atoms with Crippen LogP contribution in [0.1, 0.15) is 22.3 Å². The first kappa shape index (κ1) is 15.0. The van der Waals surface area contributed by atoms with Crippen LogP contribution in [-0.4, -0.2) is 61.5 Å². The van der Waals surface area contributed by atoms with Gasteiger partial charge in [0.05, 0.1) is 18.6 Å². The molecule has 0 bridgehead atoms. The van der Waals surface area contributed by atoms with Gasteiger partial charge in [-0.2, -0.15) is 11.3 Å². The average Bonchev–Trinajstić information content (AvgIpc) is 2.90. The summed E-state index contributed by atoms with van der Waals surface area (Å²) in [5, 5.41) is 3.88. The molecule has 1 aliphatic rings. The number of aryl methyl sites for hydroxylation is 1. The van der Waals surface area contributed by atoms with Gasteiger partial charge in [0.1, 0.15) is 0 Å². The maximum absolute atomic E-state index is 12.3. The molecule has 1 aromatic heterocycles. The van der Waals surface area contributed by atoms with Crippen LogP contribution in [0.2, 0.25) is 0 Å². The summed E-state index contributed by atoms with van der Waals surface area (Å²) in [5.74, 6) is 0.179. The number of methoxy groups -OCH3 is 1. The molecule has 110 valence electrons. The number of piperazine rings is 1. The van der Waals surface area contributed by atoms with Gasteiger partial charge < -0.3 is 14.5 Å². The molecule has 0 unspecified atom stereocenters. The Morgan fingerprint density at radius 2 is 1.85 bits per heavy atom. The van der Waals surface area contributed by atoms with Gasteiger partial charge in [0.25, 0.3) is 5.91 Å². The van der Waals surface area contributed by atoms with Crippen molar-refractivity contribution >= 4 is 23.2 Å². The van der Waals surface area contributed by atoms with Crippen molar-refractivity contribution in [3.63, 3.8) is 0 Å². The average molecular weight is 296 g/mol. The lowest BCUT2D eigenvalue weighted by Crippen LogP contribution is -2.50. The fourth-order valence-electron chi connectivity index (χ4n) is 2.26. The van der Waals surface area contributed by atoms with E-state index < -0.39 is 0 Å². The first-order valence-electron chi connectivity index (χ1n) is 6.72. The lowest BCUT2D eigenvalue weighted by molar-refractivity contribution is -0.133. The minimum Gasteiger partial charge on any atom is -0.384 e. The van der Waals surface area contributed by atoms with Gasteiger partial charge >= 0.3 is 0 Å². The molecule has 0 saturated carbocycles. The minimum absolute atomic E-state index is 0.0766. The van der Waals surface area contributed by atoms with Crippen LogP contribution in [0.25, 0.3) is 0 Å². The number of amides is 2. The Kier molecular flexibility index (Phi) is 5.14. The lowest BCUT2D eigenvalue weighted by atomic mass is 10.2. The van der Waals surface area contributed by atoms with E-state index in [0.29, 0.717) is 39.2 Å². The molecular formula is C14H20N2O3S. The van der Waals surface area contributed by atoms with E-state index in [0.717, 1.165) is 11.1 Å². The zero-order valence-corrected chi connectivity index (χ0v) is 12.7. The first-order valence-corrected chi connectivity index (χ1v) is 7.66. The van der Waals surface area contributed by atoms with Crippen molar-refractivity contribution in [1.29, 1.82) is 0 Å². The van der Waals surface area contributed by atoms with E-state index in [1.807, 2.05) is 27.5 Å². The maximum atomic E-state index is 12.3. The number of rotatable bonds is 4. The van der Waals surface area contributed by atoms with Crippen molar-refractivity contribution < 1.29 is 14.3 Å². The van der Waals surface area contributed by atoms with E-state index in [1.165, 1.54) is 0 Å². The van der Waals surface area contributed by atoms with Gasteiger partial charge in [0.15, 0.2) is 0 Å². The van der Waals surface area contributed by atoms with Crippen LogP contribution in [0.5, 0.6) is 0 Å². The zero-order valence-electron chi connectivity index (χ0n) is 11.9. The van der Waals surface area contributed by atoms with Gasteiger partial charge in [-0.25, -0.2) is 0 Å². The summed E-state index contributed by atoms with van der Waals surface area (Å²) < 4.78 is 4.91. The van der Waals surface area contributed by atoms with Crippen molar-refractivity contribution in [3.05, 3.63) is 21.9 Å². The standard InChI is InChI=1S/C14H20N2O3S/c1-11-9-20-10-12(11)14(18)16-6-4-15(5-7-16)13(17)3-8-19-2/h9-10H,3-8H2,1-2H3. The van der Waals surface area contributed by atoms with Crippen LogP contribution in [0, 0.1) is 6.92 Å². The van der Waals surface area contributed by atoms with E-state index in [1.54, 1.807) is 18.4 Å². The van der Waals surface area contributed by atoms with Crippen LogP contribution in [-0.2, 0) is 9.53 Å². The molecule has 2 rings (SSSR count). The minimum atomic E-state index is 0.0766. The summed E-state index contributed by atoms with van der Waals surface area (Å²) in [6.45, 7) is 4.83. The van der Waals surface area contributed by atoms with Crippen LogP contribution in [0.4, 0.5) is 0 Å². The van der Waals surface area contributed by atoms with Crippen molar-refractivity contribution in [3.8, 4) is 0 Å². The molecule has 0 aliphatic carbocycles. The zero-order chi connectivity index (χ0) is 14.5. The third-order valence-corrected chi connectivity index (χ3v) is 4.39.